The lowest BCUT2D eigenvalue weighted by atomic mass is 10.1. The monoisotopic (exact) mass is 287 g/mol. The maximum Gasteiger partial charge on any atom is 0.120 e. The topological polar surface area (TPSA) is 51.4 Å². The number of hydrogen-bond donors (Lipinski definition) is 1. The van der Waals surface area contributed by atoms with E-state index in [1.807, 2.05) is 24.4 Å². The summed E-state index contributed by atoms with van der Waals surface area (Å²) >= 11 is 5.03. The Morgan fingerprint density at radius 3 is 3.10 bits per heavy atom. The Kier molecular flexibility index (Phi) is 3.91. The molecule has 4 nitrogen and oxygen atoms in total. The number of ether oxygens (including phenoxy) is 1. The normalized spacial score (nSPS) is 20.1. The summed E-state index contributed by atoms with van der Waals surface area (Å²) in [5.41, 5.74) is 7.99. The predicted molar refractivity (Wildman–Crippen MR) is 83.5 cm³/mol. The van der Waals surface area contributed by atoms with Crippen molar-refractivity contribution in [2.45, 2.75) is 12.6 Å². The molecule has 2 N–H and O–H groups in total. The van der Waals surface area contributed by atoms with Crippen LogP contribution < -0.4 is 5.73 Å². The zero-order valence-corrected chi connectivity index (χ0v) is 12.0. The van der Waals surface area contributed by atoms with Crippen LogP contribution in [0.5, 0.6) is 0 Å². The third-order valence-corrected chi connectivity index (χ3v) is 3.86. The molecule has 20 heavy (non-hydrogen) atoms. The van der Waals surface area contributed by atoms with Gasteiger partial charge in [-0.2, -0.15) is 0 Å². The molecule has 0 radical (unpaired) electrons. The second kappa shape index (κ2) is 5.83. The number of aromatic nitrogens is 1. The summed E-state index contributed by atoms with van der Waals surface area (Å²) in [7, 11) is 0. The number of fused-ring (bicyclic) bond motifs is 1. The van der Waals surface area contributed by atoms with Gasteiger partial charge in [0, 0.05) is 31.2 Å². The third-order valence-electron chi connectivity index (χ3n) is 3.60. The second-order valence-corrected chi connectivity index (χ2v) is 5.46. The number of nitrogens with zero attached hydrogens (tertiary/aromatic N) is 2. The summed E-state index contributed by atoms with van der Waals surface area (Å²) in [6.07, 6.45) is 1.73. The smallest absolute Gasteiger partial charge is 0.120 e. The summed E-state index contributed by atoms with van der Waals surface area (Å²) in [4.78, 5) is 7.16. The number of thiocarbonyl (C=S) groups is 1. The molecule has 2 aromatic rings. The van der Waals surface area contributed by atoms with Crippen molar-refractivity contribution in [2.75, 3.05) is 19.7 Å². The molecule has 2 heterocycles. The van der Waals surface area contributed by atoms with Gasteiger partial charge in [-0.05, 0) is 17.7 Å². The molecule has 0 aliphatic carbocycles. The van der Waals surface area contributed by atoms with Crippen molar-refractivity contribution in [1.29, 1.82) is 0 Å². The van der Waals surface area contributed by atoms with Crippen LogP contribution in [-0.4, -0.2) is 40.7 Å². The molecule has 1 unspecified atom stereocenters. The van der Waals surface area contributed by atoms with Gasteiger partial charge >= 0.3 is 0 Å². The molecule has 0 amide bonds. The average Bonchev–Trinajstić information content (AvgIpc) is 2.48. The first-order valence-corrected chi connectivity index (χ1v) is 7.11. The molecule has 0 bridgehead atoms. The standard InChI is InChI=1S/C15H17N3OS/c16-15(20)14-10-18(7-8-19-14)9-11-5-6-17-13-4-2-1-3-12(11)13/h1-6,14H,7-10H2,(H2,16,20). The molecule has 1 atom stereocenters. The number of rotatable bonds is 3. The minimum atomic E-state index is -0.133. The third kappa shape index (κ3) is 2.80. The molecule has 1 aliphatic heterocycles. The van der Waals surface area contributed by atoms with E-state index in [1.54, 1.807) is 0 Å². The van der Waals surface area contributed by atoms with Crippen LogP contribution in [0.2, 0.25) is 0 Å². The minimum absolute atomic E-state index is 0.133. The molecule has 0 spiro atoms. The van der Waals surface area contributed by atoms with Crippen molar-refractivity contribution in [3.8, 4) is 0 Å². The zero-order valence-electron chi connectivity index (χ0n) is 11.2. The van der Waals surface area contributed by atoms with Gasteiger partial charge in [0.25, 0.3) is 0 Å². The van der Waals surface area contributed by atoms with Crippen molar-refractivity contribution in [2.24, 2.45) is 5.73 Å². The highest BCUT2D eigenvalue weighted by atomic mass is 32.1. The molecular weight excluding hydrogens is 270 g/mol. The van der Waals surface area contributed by atoms with Gasteiger partial charge in [0.05, 0.1) is 12.1 Å². The molecule has 1 aromatic carbocycles. The van der Waals surface area contributed by atoms with E-state index in [9.17, 15) is 0 Å². The summed E-state index contributed by atoms with van der Waals surface area (Å²) in [5.74, 6) is 0. The van der Waals surface area contributed by atoms with Crippen LogP contribution in [0.4, 0.5) is 0 Å². The predicted octanol–water partition coefficient (Wildman–Crippen LogP) is 1.72. The Bertz CT molecular complexity index is 626. The molecule has 3 rings (SSSR count). The van der Waals surface area contributed by atoms with E-state index in [0.717, 1.165) is 25.2 Å². The van der Waals surface area contributed by atoms with E-state index in [0.29, 0.717) is 11.6 Å². The molecule has 1 saturated heterocycles. The molecule has 104 valence electrons. The molecule has 1 aromatic heterocycles. The lowest BCUT2D eigenvalue weighted by Gasteiger charge is -2.32. The fraction of sp³-hybridized carbons (Fsp3) is 0.333. The Labute approximate surface area is 123 Å². The van der Waals surface area contributed by atoms with Crippen molar-refractivity contribution < 1.29 is 4.74 Å². The van der Waals surface area contributed by atoms with Crippen molar-refractivity contribution >= 4 is 28.1 Å². The summed E-state index contributed by atoms with van der Waals surface area (Å²) in [6, 6.07) is 10.3. The number of morpholine rings is 1. The number of para-hydroxylation sites is 1. The molecule has 1 aliphatic rings. The second-order valence-electron chi connectivity index (χ2n) is 4.98. The highest BCUT2D eigenvalue weighted by molar-refractivity contribution is 7.80. The highest BCUT2D eigenvalue weighted by Gasteiger charge is 2.22. The number of benzene rings is 1. The van der Waals surface area contributed by atoms with Gasteiger partial charge in [0.15, 0.2) is 0 Å². The molecule has 5 heteroatoms. The zero-order chi connectivity index (χ0) is 13.9. The lowest BCUT2D eigenvalue weighted by Crippen LogP contribution is -2.47. The van der Waals surface area contributed by atoms with Gasteiger partial charge in [-0.1, -0.05) is 30.4 Å². The number of nitrogens with two attached hydrogens (primary N) is 1. The van der Waals surface area contributed by atoms with Crippen molar-refractivity contribution in [3.05, 3.63) is 42.1 Å². The molecular formula is C15H17N3OS. The van der Waals surface area contributed by atoms with Crippen LogP contribution in [0.25, 0.3) is 10.9 Å². The Morgan fingerprint density at radius 2 is 2.25 bits per heavy atom. The van der Waals surface area contributed by atoms with Gasteiger partial charge < -0.3 is 10.5 Å². The highest BCUT2D eigenvalue weighted by Crippen LogP contribution is 2.19. The Balaban J connectivity index is 1.81. The van der Waals surface area contributed by atoms with Crippen LogP contribution in [-0.2, 0) is 11.3 Å². The fourth-order valence-corrected chi connectivity index (χ4v) is 2.69. The number of hydrogen-bond acceptors (Lipinski definition) is 4. The maximum absolute atomic E-state index is 5.68. The van der Waals surface area contributed by atoms with Crippen LogP contribution in [0.15, 0.2) is 36.5 Å². The fourth-order valence-electron chi connectivity index (χ4n) is 2.55. The van der Waals surface area contributed by atoms with Crippen molar-refractivity contribution in [1.82, 2.24) is 9.88 Å². The SMILES string of the molecule is NC(=S)C1CN(Cc2ccnc3ccccc23)CCO1. The minimum Gasteiger partial charge on any atom is -0.391 e. The first-order valence-electron chi connectivity index (χ1n) is 6.70. The van der Waals surface area contributed by atoms with Crippen molar-refractivity contribution in [3.63, 3.8) is 0 Å². The first-order chi connectivity index (χ1) is 9.74. The van der Waals surface area contributed by atoms with Gasteiger partial charge in [-0.25, -0.2) is 0 Å². The summed E-state index contributed by atoms with van der Waals surface area (Å²) < 4.78 is 5.57. The summed E-state index contributed by atoms with van der Waals surface area (Å²) in [6.45, 7) is 3.19. The van der Waals surface area contributed by atoms with Gasteiger partial charge in [-0.15, -0.1) is 0 Å². The molecule has 0 saturated carbocycles. The van der Waals surface area contributed by atoms with E-state index >= 15 is 0 Å². The molecule has 1 fully saturated rings. The van der Waals surface area contributed by atoms with E-state index < -0.39 is 0 Å². The number of pyridine rings is 1. The average molecular weight is 287 g/mol. The van der Waals surface area contributed by atoms with Gasteiger partial charge in [0.1, 0.15) is 11.1 Å². The largest absolute Gasteiger partial charge is 0.391 e. The van der Waals surface area contributed by atoms with E-state index in [4.69, 9.17) is 22.7 Å². The Morgan fingerprint density at radius 1 is 1.40 bits per heavy atom. The summed E-state index contributed by atoms with van der Waals surface area (Å²) in [5, 5.41) is 1.20. The van der Waals surface area contributed by atoms with Gasteiger partial charge in [-0.3, -0.25) is 9.88 Å². The quantitative estimate of drug-likeness (QED) is 0.871. The van der Waals surface area contributed by atoms with Crippen LogP contribution in [0, 0.1) is 0 Å². The van der Waals surface area contributed by atoms with E-state index in [-0.39, 0.29) is 6.10 Å². The van der Waals surface area contributed by atoms with Crippen LogP contribution in [0.1, 0.15) is 5.56 Å². The van der Waals surface area contributed by atoms with Gasteiger partial charge in [0.2, 0.25) is 0 Å². The lowest BCUT2D eigenvalue weighted by molar-refractivity contribution is 0.00405. The Hall–Kier alpha value is -1.56. The van der Waals surface area contributed by atoms with Crippen LogP contribution in [0.3, 0.4) is 0 Å². The first kappa shape index (κ1) is 13.4. The van der Waals surface area contributed by atoms with E-state index in [1.165, 1.54) is 10.9 Å². The van der Waals surface area contributed by atoms with E-state index in [2.05, 4.69) is 22.0 Å². The van der Waals surface area contributed by atoms with Crippen LogP contribution >= 0.6 is 12.2 Å². The maximum atomic E-state index is 5.68.